The van der Waals surface area contributed by atoms with E-state index in [2.05, 4.69) is 36.2 Å². The van der Waals surface area contributed by atoms with E-state index in [0.29, 0.717) is 0 Å². The zero-order valence-electron chi connectivity index (χ0n) is 9.41. The summed E-state index contributed by atoms with van der Waals surface area (Å²) >= 11 is 0. The van der Waals surface area contributed by atoms with Gasteiger partial charge in [0.05, 0.1) is 5.52 Å². The number of hydrogen-bond donors (Lipinski definition) is 1. The van der Waals surface area contributed by atoms with Gasteiger partial charge in [-0.1, -0.05) is 11.6 Å². The first-order chi connectivity index (χ1) is 7.08. The van der Waals surface area contributed by atoms with Crippen LogP contribution in [0.25, 0.3) is 10.9 Å². The Morgan fingerprint density at radius 3 is 2.60 bits per heavy atom. The maximum Gasteiger partial charge on any atom is 0.0708 e. The molecule has 0 saturated carbocycles. The molecule has 15 heavy (non-hydrogen) atoms. The molecule has 0 aliphatic heterocycles. The van der Waals surface area contributed by atoms with Gasteiger partial charge < -0.3 is 5.73 Å². The third kappa shape index (κ3) is 1.85. The fraction of sp³-hybridized carbons (Fsp3) is 0.308. The maximum atomic E-state index is 5.97. The van der Waals surface area contributed by atoms with Gasteiger partial charge in [-0.15, -0.1) is 0 Å². The zero-order chi connectivity index (χ0) is 11.0. The minimum absolute atomic E-state index is 0.0519. The van der Waals surface area contributed by atoms with E-state index in [1.165, 1.54) is 16.5 Å². The fourth-order valence-corrected chi connectivity index (χ4v) is 1.88. The standard InChI is InChI=1S/C13H16N2/c1-8-4-5-13-12(6-8)11(10(3)14)7-9(2)15-13/h4-7,10H,14H2,1-3H3. The summed E-state index contributed by atoms with van der Waals surface area (Å²) in [5.41, 5.74) is 10.5. The summed E-state index contributed by atoms with van der Waals surface area (Å²) in [6.07, 6.45) is 0. The molecule has 0 bridgehead atoms. The molecule has 2 rings (SSSR count). The van der Waals surface area contributed by atoms with Gasteiger partial charge in [0.1, 0.15) is 0 Å². The molecule has 1 atom stereocenters. The molecule has 1 aromatic heterocycles. The molecule has 0 saturated heterocycles. The highest BCUT2D eigenvalue weighted by Gasteiger charge is 2.07. The predicted molar refractivity (Wildman–Crippen MR) is 63.8 cm³/mol. The van der Waals surface area contributed by atoms with Gasteiger partial charge in [0.15, 0.2) is 0 Å². The van der Waals surface area contributed by atoms with E-state index in [1.807, 2.05) is 13.8 Å². The third-order valence-corrected chi connectivity index (χ3v) is 2.61. The Kier molecular flexibility index (Phi) is 2.45. The van der Waals surface area contributed by atoms with Crippen molar-refractivity contribution in [2.75, 3.05) is 0 Å². The molecular formula is C13H16N2. The van der Waals surface area contributed by atoms with Crippen LogP contribution in [0, 0.1) is 13.8 Å². The summed E-state index contributed by atoms with van der Waals surface area (Å²) in [6, 6.07) is 8.42. The molecule has 1 unspecified atom stereocenters. The quantitative estimate of drug-likeness (QED) is 0.768. The van der Waals surface area contributed by atoms with Crippen LogP contribution in [0.4, 0.5) is 0 Å². The predicted octanol–water partition coefficient (Wildman–Crippen LogP) is 2.87. The number of nitrogens with zero attached hydrogens (tertiary/aromatic N) is 1. The van der Waals surface area contributed by atoms with Crippen molar-refractivity contribution in [1.29, 1.82) is 0 Å². The smallest absolute Gasteiger partial charge is 0.0708 e. The van der Waals surface area contributed by atoms with Gasteiger partial charge in [0.25, 0.3) is 0 Å². The first-order valence-corrected chi connectivity index (χ1v) is 5.21. The van der Waals surface area contributed by atoms with Crippen molar-refractivity contribution in [1.82, 2.24) is 4.98 Å². The summed E-state index contributed by atoms with van der Waals surface area (Å²) < 4.78 is 0. The molecule has 2 nitrogen and oxygen atoms in total. The highest BCUT2D eigenvalue weighted by atomic mass is 14.7. The molecule has 1 aromatic carbocycles. The lowest BCUT2D eigenvalue weighted by Gasteiger charge is -2.11. The van der Waals surface area contributed by atoms with Crippen molar-refractivity contribution in [3.8, 4) is 0 Å². The van der Waals surface area contributed by atoms with Crippen LogP contribution in [-0.4, -0.2) is 4.98 Å². The second-order valence-electron chi connectivity index (χ2n) is 4.16. The topological polar surface area (TPSA) is 38.9 Å². The van der Waals surface area contributed by atoms with Crippen LogP contribution in [0.1, 0.15) is 29.8 Å². The molecule has 0 spiro atoms. The second-order valence-corrected chi connectivity index (χ2v) is 4.16. The van der Waals surface area contributed by atoms with Gasteiger partial charge >= 0.3 is 0 Å². The Labute approximate surface area is 90.1 Å². The Morgan fingerprint density at radius 1 is 1.20 bits per heavy atom. The van der Waals surface area contributed by atoms with E-state index >= 15 is 0 Å². The molecule has 2 N–H and O–H groups in total. The monoisotopic (exact) mass is 200 g/mol. The van der Waals surface area contributed by atoms with E-state index in [-0.39, 0.29) is 6.04 Å². The normalized spacial score (nSPS) is 13.1. The van der Waals surface area contributed by atoms with Gasteiger partial charge in [0, 0.05) is 17.1 Å². The number of rotatable bonds is 1. The third-order valence-electron chi connectivity index (χ3n) is 2.61. The number of aromatic nitrogens is 1. The summed E-state index contributed by atoms with van der Waals surface area (Å²) in [4.78, 5) is 4.50. The van der Waals surface area contributed by atoms with Crippen molar-refractivity contribution in [2.45, 2.75) is 26.8 Å². The van der Waals surface area contributed by atoms with Crippen molar-refractivity contribution in [2.24, 2.45) is 5.73 Å². The van der Waals surface area contributed by atoms with Gasteiger partial charge in [-0.3, -0.25) is 4.98 Å². The van der Waals surface area contributed by atoms with Crippen molar-refractivity contribution in [3.05, 3.63) is 41.1 Å². The number of fused-ring (bicyclic) bond motifs is 1. The van der Waals surface area contributed by atoms with Gasteiger partial charge in [0.2, 0.25) is 0 Å². The summed E-state index contributed by atoms with van der Waals surface area (Å²) in [5, 5.41) is 1.18. The molecule has 0 radical (unpaired) electrons. The molecule has 0 aliphatic rings. The molecule has 1 heterocycles. The van der Waals surface area contributed by atoms with Crippen LogP contribution in [-0.2, 0) is 0 Å². The minimum Gasteiger partial charge on any atom is -0.324 e. The summed E-state index contributed by atoms with van der Waals surface area (Å²) in [6.45, 7) is 6.10. The lowest BCUT2D eigenvalue weighted by atomic mass is 10.0. The molecule has 2 heteroatoms. The Morgan fingerprint density at radius 2 is 1.93 bits per heavy atom. The molecule has 0 aliphatic carbocycles. The van der Waals surface area contributed by atoms with E-state index < -0.39 is 0 Å². The largest absolute Gasteiger partial charge is 0.324 e. The highest BCUT2D eigenvalue weighted by molar-refractivity contribution is 5.83. The zero-order valence-corrected chi connectivity index (χ0v) is 9.41. The number of aryl methyl sites for hydroxylation is 2. The fourth-order valence-electron chi connectivity index (χ4n) is 1.88. The molecule has 0 amide bonds. The van der Waals surface area contributed by atoms with Crippen molar-refractivity contribution < 1.29 is 0 Å². The Balaban J connectivity index is 2.81. The second kappa shape index (κ2) is 3.63. The lowest BCUT2D eigenvalue weighted by molar-refractivity contribution is 0.823. The van der Waals surface area contributed by atoms with E-state index in [9.17, 15) is 0 Å². The molecule has 0 fully saturated rings. The number of nitrogens with two attached hydrogens (primary N) is 1. The average molecular weight is 200 g/mol. The van der Waals surface area contributed by atoms with Crippen LogP contribution in [0.5, 0.6) is 0 Å². The van der Waals surface area contributed by atoms with E-state index in [0.717, 1.165) is 11.2 Å². The summed E-state index contributed by atoms with van der Waals surface area (Å²) in [7, 11) is 0. The highest BCUT2D eigenvalue weighted by Crippen LogP contribution is 2.23. The van der Waals surface area contributed by atoms with E-state index in [4.69, 9.17) is 5.73 Å². The van der Waals surface area contributed by atoms with Crippen LogP contribution in [0.3, 0.4) is 0 Å². The first kappa shape index (κ1) is 10.1. The van der Waals surface area contributed by atoms with Crippen LogP contribution < -0.4 is 5.73 Å². The Bertz CT molecular complexity index is 501. The first-order valence-electron chi connectivity index (χ1n) is 5.21. The lowest BCUT2D eigenvalue weighted by Crippen LogP contribution is -2.06. The van der Waals surface area contributed by atoms with Gasteiger partial charge in [-0.25, -0.2) is 0 Å². The van der Waals surface area contributed by atoms with Gasteiger partial charge in [-0.2, -0.15) is 0 Å². The molecular weight excluding hydrogens is 184 g/mol. The van der Waals surface area contributed by atoms with E-state index in [1.54, 1.807) is 0 Å². The van der Waals surface area contributed by atoms with Crippen LogP contribution >= 0.6 is 0 Å². The Hall–Kier alpha value is -1.41. The summed E-state index contributed by atoms with van der Waals surface area (Å²) in [5.74, 6) is 0. The van der Waals surface area contributed by atoms with Gasteiger partial charge in [-0.05, 0) is 44.5 Å². The minimum atomic E-state index is 0.0519. The average Bonchev–Trinajstić information content (AvgIpc) is 2.17. The number of pyridine rings is 1. The van der Waals surface area contributed by atoms with Crippen LogP contribution in [0.15, 0.2) is 24.3 Å². The molecule has 2 aromatic rings. The SMILES string of the molecule is Cc1ccc2nc(C)cc(C(C)N)c2c1. The number of benzene rings is 1. The van der Waals surface area contributed by atoms with Crippen molar-refractivity contribution in [3.63, 3.8) is 0 Å². The molecule has 78 valence electrons. The maximum absolute atomic E-state index is 5.97. The number of hydrogen-bond acceptors (Lipinski definition) is 2. The van der Waals surface area contributed by atoms with Crippen LogP contribution in [0.2, 0.25) is 0 Å². The van der Waals surface area contributed by atoms with Crippen molar-refractivity contribution >= 4 is 10.9 Å².